The number of anilines is 1. The molecule has 0 aliphatic rings. The Morgan fingerprint density at radius 1 is 1.26 bits per heavy atom. The first-order valence-corrected chi connectivity index (χ1v) is 6.46. The van der Waals surface area contributed by atoms with Gasteiger partial charge in [0.25, 0.3) is 0 Å². The number of aryl methyl sites for hydroxylation is 1. The van der Waals surface area contributed by atoms with Crippen molar-refractivity contribution in [3.8, 4) is 0 Å². The molecule has 0 bridgehead atoms. The molecular weight excluding hydrogens is 263 g/mol. The molecule has 4 heteroatoms. The molecule has 0 saturated heterocycles. The second-order valence-electron chi connectivity index (χ2n) is 4.45. The van der Waals surface area contributed by atoms with E-state index in [1.165, 1.54) is 6.07 Å². The van der Waals surface area contributed by atoms with E-state index >= 15 is 0 Å². The standard InChI is InChI=1S/C15H16ClFN2/c1-10-7-11(5-6-14(10)17)15(9-18)19-13-4-2-3-12(16)8-13/h2-8,15,19H,9,18H2,1H3. The summed E-state index contributed by atoms with van der Waals surface area (Å²) in [5, 5.41) is 3.96. The van der Waals surface area contributed by atoms with Gasteiger partial charge in [0, 0.05) is 17.3 Å². The van der Waals surface area contributed by atoms with E-state index in [0.29, 0.717) is 17.1 Å². The molecule has 2 nitrogen and oxygen atoms in total. The molecule has 2 aromatic carbocycles. The zero-order chi connectivity index (χ0) is 13.8. The Labute approximate surface area is 117 Å². The summed E-state index contributed by atoms with van der Waals surface area (Å²) in [5.74, 6) is -0.206. The third kappa shape index (κ3) is 3.46. The minimum atomic E-state index is -0.206. The van der Waals surface area contributed by atoms with Crippen molar-refractivity contribution in [3.63, 3.8) is 0 Å². The van der Waals surface area contributed by atoms with Crippen LogP contribution < -0.4 is 11.1 Å². The molecule has 0 heterocycles. The van der Waals surface area contributed by atoms with Crippen molar-refractivity contribution in [2.24, 2.45) is 5.73 Å². The molecule has 0 saturated carbocycles. The van der Waals surface area contributed by atoms with Gasteiger partial charge in [-0.05, 0) is 42.3 Å². The molecular formula is C15H16ClFN2. The van der Waals surface area contributed by atoms with Crippen LogP contribution in [0.3, 0.4) is 0 Å². The van der Waals surface area contributed by atoms with Crippen LogP contribution in [0, 0.1) is 12.7 Å². The molecule has 0 fully saturated rings. The fourth-order valence-corrected chi connectivity index (χ4v) is 2.13. The van der Waals surface area contributed by atoms with Gasteiger partial charge in [-0.1, -0.05) is 29.8 Å². The lowest BCUT2D eigenvalue weighted by atomic mass is 10.0. The lowest BCUT2D eigenvalue weighted by molar-refractivity contribution is 0.616. The third-order valence-corrected chi connectivity index (χ3v) is 3.22. The lowest BCUT2D eigenvalue weighted by Gasteiger charge is -2.19. The lowest BCUT2D eigenvalue weighted by Crippen LogP contribution is -2.20. The predicted molar refractivity (Wildman–Crippen MR) is 78.0 cm³/mol. The van der Waals surface area contributed by atoms with Crippen LogP contribution in [0.5, 0.6) is 0 Å². The van der Waals surface area contributed by atoms with Gasteiger partial charge in [-0.3, -0.25) is 0 Å². The van der Waals surface area contributed by atoms with Gasteiger partial charge in [-0.15, -0.1) is 0 Å². The van der Waals surface area contributed by atoms with Crippen molar-refractivity contribution in [2.45, 2.75) is 13.0 Å². The van der Waals surface area contributed by atoms with Crippen LogP contribution >= 0.6 is 11.6 Å². The maximum absolute atomic E-state index is 13.3. The van der Waals surface area contributed by atoms with E-state index in [-0.39, 0.29) is 11.9 Å². The minimum Gasteiger partial charge on any atom is -0.377 e. The van der Waals surface area contributed by atoms with E-state index in [4.69, 9.17) is 17.3 Å². The number of hydrogen-bond donors (Lipinski definition) is 2. The first kappa shape index (κ1) is 13.8. The predicted octanol–water partition coefficient (Wildman–Crippen LogP) is 3.90. The number of hydrogen-bond acceptors (Lipinski definition) is 2. The van der Waals surface area contributed by atoms with Crippen LogP contribution in [-0.2, 0) is 0 Å². The van der Waals surface area contributed by atoms with Gasteiger partial charge in [-0.25, -0.2) is 4.39 Å². The Morgan fingerprint density at radius 2 is 2.05 bits per heavy atom. The molecule has 1 unspecified atom stereocenters. The maximum Gasteiger partial charge on any atom is 0.126 e. The van der Waals surface area contributed by atoms with Crippen molar-refractivity contribution in [1.82, 2.24) is 0 Å². The van der Waals surface area contributed by atoms with E-state index < -0.39 is 0 Å². The first-order chi connectivity index (χ1) is 9.10. The molecule has 0 aliphatic carbocycles. The fourth-order valence-electron chi connectivity index (χ4n) is 1.94. The van der Waals surface area contributed by atoms with Gasteiger partial charge in [0.2, 0.25) is 0 Å². The van der Waals surface area contributed by atoms with Crippen LogP contribution in [0.15, 0.2) is 42.5 Å². The molecule has 0 spiro atoms. The van der Waals surface area contributed by atoms with Crippen molar-refractivity contribution in [3.05, 3.63) is 64.4 Å². The second kappa shape index (κ2) is 6.04. The average molecular weight is 279 g/mol. The van der Waals surface area contributed by atoms with Crippen molar-refractivity contribution < 1.29 is 4.39 Å². The molecule has 2 aromatic rings. The van der Waals surface area contributed by atoms with Crippen molar-refractivity contribution in [2.75, 3.05) is 11.9 Å². The third-order valence-electron chi connectivity index (χ3n) is 2.99. The SMILES string of the molecule is Cc1cc(C(CN)Nc2cccc(Cl)c2)ccc1F. The van der Waals surface area contributed by atoms with Crippen LogP contribution in [0.1, 0.15) is 17.2 Å². The van der Waals surface area contributed by atoms with Crippen molar-refractivity contribution in [1.29, 1.82) is 0 Å². The summed E-state index contributed by atoms with van der Waals surface area (Å²) in [5.41, 5.74) is 8.26. The van der Waals surface area contributed by atoms with E-state index in [2.05, 4.69) is 5.32 Å². The highest BCUT2D eigenvalue weighted by atomic mass is 35.5. The molecule has 2 rings (SSSR count). The molecule has 0 amide bonds. The zero-order valence-corrected chi connectivity index (χ0v) is 11.4. The number of nitrogens with one attached hydrogen (secondary N) is 1. The maximum atomic E-state index is 13.3. The number of rotatable bonds is 4. The van der Waals surface area contributed by atoms with E-state index in [1.54, 1.807) is 13.0 Å². The largest absolute Gasteiger partial charge is 0.377 e. The smallest absolute Gasteiger partial charge is 0.126 e. The summed E-state index contributed by atoms with van der Waals surface area (Å²) in [6.07, 6.45) is 0. The number of halogens is 2. The highest BCUT2D eigenvalue weighted by molar-refractivity contribution is 6.30. The number of nitrogens with two attached hydrogens (primary N) is 1. The van der Waals surface area contributed by atoms with Crippen LogP contribution in [0.25, 0.3) is 0 Å². The zero-order valence-electron chi connectivity index (χ0n) is 10.7. The first-order valence-electron chi connectivity index (χ1n) is 6.08. The molecule has 3 N–H and O–H groups in total. The Morgan fingerprint density at radius 3 is 2.68 bits per heavy atom. The molecule has 0 aromatic heterocycles. The second-order valence-corrected chi connectivity index (χ2v) is 4.89. The number of benzene rings is 2. The molecule has 0 radical (unpaired) electrons. The molecule has 100 valence electrons. The van der Waals surface area contributed by atoms with Gasteiger partial charge >= 0.3 is 0 Å². The summed E-state index contributed by atoms with van der Waals surface area (Å²) in [7, 11) is 0. The quantitative estimate of drug-likeness (QED) is 0.890. The highest BCUT2D eigenvalue weighted by Gasteiger charge is 2.11. The average Bonchev–Trinajstić information content (AvgIpc) is 2.39. The minimum absolute atomic E-state index is 0.0715. The fraction of sp³-hybridized carbons (Fsp3) is 0.200. The molecule has 0 aliphatic heterocycles. The van der Waals surface area contributed by atoms with Crippen LogP contribution in [0.2, 0.25) is 5.02 Å². The Balaban J connectivity index is 2.22. The van der Waals surface area contributed by atoms with Gasteiger partial charge in [-0.2, -0.15) is 0 Å². The Kier molecular flexibility index (Phi) is 4.40. The van der Waals surface area contributed by atoms with E-state index in [1.807, 2.05) is 30.3 Å². The van der Waals surface area contributed by atoms with Gasteiger partial charge in [0.1, 0.15) is 5.82 Å². The van der Waals surface area contributed by atoms with Crippen molar-refractivity contribution >= 4 is 17.3 Å². The van der Waals surface area contributed by atoms with E-state index in [0.717, 1.165) is 11.3 Å². The molecule has 19 heavy (non-hydrogen) atoms. The van der Waals surface area contributed by atoms with Gasteiger partial charge in [0.15, 0.2) is 0 Å². The highest BCUT2D eigenvalue weighted by Crippen LogP contribution is 2.22. The summed E-state index contributed by atoms with van der Waals surface area (Å²) >= 11 is 5.94. The summed E-state index contributed by atoms with van der Waals surface area (Å²) in [6, 6.07) is 12.4. The Hall–Kier alpha value is -1.58. The van der Waals surface area contributed by atoms with Gasteiger partial charge < -0.3 is 11.1 Å². The molecule has 1 atom stereocenters. The van der Waals surface area contributed by atoms with Crippen LogP contribution in [0.4, 0.5) is 10.1 Å². The Bertz CT molecular complexity index is 572. The summed E-state index contributed by atoms with van der Waals surface area (Å²) in [4.78, 5) is 0. The monoisotopic (exact) mass is 278 g/mol. The summed E-state index contributed by atoms with van der Waals surface area (Å²) in [6.45, 7) is 2.16. The van der Waals surface area contributed by atoms with E-state index in [9.17, 15) is 4.39 Å². The summed E-state index contributed by atoms with van der Waals surface area (Å²) < 4.78 is 13.3. The van der Waals surface area contributed by atoms with Crippen LogP contribution in [-0.4, -0.2) is 6.54 Å². The normalized spacial score (nSPS) is 12.2. The van der Waals surface area contributed by atoms with Gasteiger partial charge in [0.05, 0.1) is 6.04 Å². The topological polar surface area (TPSA) is 38.0 Å².